The van der Waals surface area contributed by atoms with Gasteiger partial charge in [-0.3, -0.25) is 0 Å². The molecule has 1 saturated carbocycles. The van der Waals surface area contributed by atoms with E-state index >= 15 is 0 Å². The second kappa shape index (κ2) is 9.59. The van der Waals surface area contributed by atoms with Gasteiger partial charge < -0.3 is 10.2 Å². The first-order chi connectivity index (χ1) is 18.5. The number of nitrogens with zero attached hydrogens (tertiary/aromatic N) is 8. The predicted molar refractivity (Wildman–Crippen MR) is 142 cm³/mol. The molecule has 0 amide bonds. The van der Waals surface area contributed by atoms with Crippen molar-refractivity contribution in [2.75, 3.05) is 23.8 Å². The van der Waals surface area contributed by atoms with Crippen LogP contribution in [0, 0.1) is 23.1 Å². The third kappa shape index (κ3) is 4.54. The molecule has 38 heavy (non-hydrogen) atoms. The number of nitrogens with one attached hydrogen (secondary N) is 1. The molecule has 0 bridgehead atoms. The van der Waals surface area contributed by atoms with Crippen LogP contribution in [0.1, 0.15) is 36.9 Å². The number of rotatable bonds is 8. The van der Waals surface area contributed by atoms with Crippen LogP contribution >= 0.6 is 0 Å². The fourth-order valence-corrected chi connectivity index (χ4v) is 4.49. The minimum absolute atomic E-state index is 0.00839. The molecule has 5 heterocycles. The number of hydrogen-bond donors (Lipinski definition) is 1. The molecular formula is C28H26FN9. The highest BCUT2D eigenvalue weighted by Crippen LogP contribution is 2.33. The lowest BCUT2D eigenvalue weighted by Gasteiger charge is -2.26. The first-order valence-corrected chi connectivity index (χ1v) is 12.5. The Morgan fingerprint density at radius 2 is 1.97 bits per heavy atom. The number of nitriles is 1. The first-order valence-electron chi connectivity index (χ1n) is 12.5. The van der Waals surface area contributed by atoms with Crippen LogP contribution in [0.3, 0.4) is 0 Å². The summed E-state index contributed by atoms with van der Waals surface area (Å²) < 4.78 is 16.5. The summed E-state index contributed by atoms with van der Waals surface area (Å²) in [4.78, 5) is 11.3. The van der Waals surface area contributed by atoms with Crippen molar-refractivity contribution >= 4 is 17.0 Å². The van der Waals surface area contributed by atoms with E-state index in [1.807, 2.05) is 43.7 Å². The maximum atomic E-state index is 13.3. The van der Waals surface area contributed by atoms with Crippen LogP contribution in [0.5, 0.6) is 0 Å². The van der Waals surface area contributed by atoms with Gasteiger partial charge in [0.1, 0.15) is 11.9 Å². The van der Waals surface area contributed by atoms with Gasteiger partial charge in [-0.25, -0.2) is 23.6 Å². The maximum absolute atomic E-state index is 13.3. The number of fused-ring (bicyclic) bond motifs is 1. The van der Waals surface area contributed by atoms with Gasteiger partial charge in [0.2, 0.25) is 0 Å². The van der Waals surface area contributed by atoms with E-state index in [1.165, 1.54) is 23.7 Å². The van der Waals surface area contributed by atoms with Gasteiger partial charge in [-0.15, -0.1) is 0 Å². The SMILES string of the molecule is C[C@@H](c1ccc(-n2cc(F)cn2)nc1)N(C)c1ccc(-c2cc(NCC3CC3)cn3ncc(C#N)c23)cn1. The Morgan fingerprint density at radius 3 is 2.63 bits per heavy atom. The Hall–Kier alpha value is -4.78. The summed E-state index contributed by atoms with van der Waals surface area (Å²) in [5.74, 6) is 1.68. The Labute approximate surface area is 219 Å². The topological polar surface area (TPSA) is 100.0 Å². The molecule has 10 heteroatoms. The molecule has 0 aliphatic heterocycles. The molecule has 1 aliphatic rings. The zero-order chi connectivity index (χ0) is 26.2. The van der Waals surface area contributed by atoms with Gasteiger partial charge in [0.05, 0.1) is 47.6 Å². The van der Waals surface area contributed by atoms with Crippen molar-refractivity contribution < 1.29 is 4.39 Å². The smallest absolute Gasteiger partial charge is 0.161 e. The highest BCUT2D eigenvalue weighted by atomic mass is 19.1. The van der Waals surface area contributed by atoms with E-state index in [9.17, 15) is 9.65 Å². The highest BCUT2D eigenvalue weighted by molar-refractivity contribution is 5.86. The average Bonchev–Trinajstić information content (AvgIpc) is 3.54. The van der Waals surface area contributed by atoms with Crippen molar-refractivity contribution in [2.45, 2.75) is 25.8 Å². The normalized spacial score (nSPS) is 13.8. The lowest BCUT2D eigenvalue weighted by Crippen LogP contribution is -2.22. The van der Waals surface area contributed by atoms with Crippen molar-refractivity contribution in [1.82, 2.24) is 29.4 Å². The van der Waals surface area contributed by atoms with Crippen molar-refractivity contribution in [2.24, 2.45) is 5.92 Å². The lowest BCUT2D eigenvalue weighted by molar-refractivity contribution is 0.627. The van der Waals surface area contributed by atoms with Crippen LogP contribution in [0.2, 0.25) is 0 Å². The van der Waals surface area contributed by atoms with E-state index in [4.69, 9.17) is 4.98 Å². The third-order valence-corrected chi connectivity index (χ3v) is 7.06. The van der Waals surface area contributed by atoms with E-state index in [-0.39, 0.29) is 6.04 Å². The fraction of sp³-hybridized carbons (Fsp3) is 0.250. The van der Waals surface area contributed by atoms with Crippen LogP contribution in [0.4, 0.5) is 15.9 Å². The van der Waals surface area contributed by atoms with Gasteiger partial charge in [0, 0.05) is 37.1 Å². The van der Waals surface area contributed by atoms with Gasteiger partial charge in [0.15, 0.2) is 11.6 Å². The zero-order valence-corrected chi connectivity index (χ0v) is 21.1. The van der Waals surface area contributed by atoms with Crippen LogP contribution in [0.15, 0.2) is 67.5 Å². The molecule has 5 aromatic rings. The van der Waals surface area contributed by atoms with Crippen molar-refractivity contribution in [3.63, 3.8) is 0 Å². The van der Waals surface area contributed by atoms with Crippen molar-refractivity contribution in [3.05, 3.63) is 84.5 Å². The molecule has 0 aromatic carbocycles. The van der Waals surface area contributed by atoms with E-state index in [0.29, 0.717) is 11.4 Å². The third-order valence-electron chi connectivity index (χ3n) is 7.06. The summed E-state index contributed by atoms with van der Waals surface area (Å²) in [5.41, 5.74) is 5.06. The monoisotopic (exact) mass is 507 g/mol. The van der Waals surface area contributed by atoms with Crippen LogP contribution < -0.4 is 10.2 Å². The second-order valence-corrected chi connectivity index (χ2v) is 9.67. The summed E-state index contributed by atoms with van der Waals surface area (Å²) >= 11 is 0. The van der Waals surface area contributed by atoms with E-state index in [1.54, 1.807) is 16.9 Å². The zero-order valence-electron chi connectivity index (χ0n) is 21.1. The molecular weight excluding hydrogens is 481 g/mol. The number of anilines is 2. The van der Waals surface area contributed by atoms with Crippen LogP contribution in [-0.2, 0) is 0 Å². The van der Waals surface area contributed by atoms with E-state index in [0.717, 1.165) is 52.4 Å². The molecule has 0 saturated heterocycles. The molecule has 1 aliphatic carbocycles. The summed E-state index contributed by atoms with van der Waals surface area (Å²) in [6.07, 6.45) is 12.1. The minimum Gasteiger partial charge on any atom is -0.384 e. The summed E-state index contributed by atoms with van der Waals surface area (Å²) in [6, 6.07) is 12.1. The lowest BCUT2D eigenvalue weighted by atomic mass is 10.0. The van der Waals surface area contributed by atoms with Crippen molar-refractivity contribution in [3.8, 4) is 23.0 Å². The molecule has 1 fully saturated rings. The average molecular weight is 508 g/mol. The number of pyridine rings is 3. The Kier molecular flexibility index (Phi) is 5.96. The first kappa shape index (κ1) is 23.6. The van der Waals surface area contributed by atoms with Crippen molar-refractivity contribution in [1.29, 1.82) is 5.26 Å². The Morgan fingerprint density at radius 1 is 1.11 bits per heavy atom. The standard InChI is InChI=1S/C28H26FN9/c1-18(20-5-8-27(33-12-20)37-16-23(29)15-35-37)36(2)26-7-6-21(13-32-26)25-9-24(31-11-19-3-4-19)17-38-28(25)22(10-30)14-34-38/h5-9,12-19,31H,3-4,11H2,1-2H3/t18-/m0/s1. The van der Waals surface area contributed by atoms with Gasteiger partial charge >= 0.3 is 0 Å². The van der Waals surface area contributed by atoms with E-state index in [2.05, 4.69) is 44.5 Å². The summed E-state index contributed by atoms with van der Waals surface area (Å²) in [6.45, 7) is 3.01. The molecule has 6 rings (SSSR count). The van der Waals surface area contributed by atoms with Crippen LogP contribution in [0.25, 0.3) is 22.5 Å². The molecule has 5 aromatic heterocycles. The largest absolute Gasteiger partial charge is 0.384 e. The van der Waals surface area contributed by atoms with E-state index < -0.39 is 5.82 Å². The fourth-order valence-electron chi connectivity index (χ4n) is 4.49. The van der Waals surface area contributed by atoms with Gasteiger partial charge in [-0.1, -0.05) is 6.07 Å². The summed E-state index contributed by atoms with van der Waals surface area (Å²) in [5, 5.41) is 21.5. The molecule has 1 N–H and O–H groups in total. The van der Waals surface area contributed by atoms with Gasteiger partial charge in [0.25, 0.3) is 0 Å². The molecule has 9 nitrogen and oxygen atoms in total. The summed E-state index contributed by atoms with van der Waals surface area (Å²) in [7, 11) is 1.98. The molecule has 0 radical (unpaired) electrons. The molecule has 0 spiro atoms. The maximum Gasteiger partial charge on any atom is 0.161 e. The number of hydrogen-bond acceptors (Lipinski definition) is 7. The molecule has 1 atom stereocenters. The number of aromatic nitrogens is 6. The molecule has 0 unspecified atom stereocenters. The quantitative estimate of drug-likeness (QED) is 0.315. The highest BCUT2D eigenvalue weighted by Gasteiger charge is 2.21. The van der Waals surface area contributed by atoms with Gasteiger partial charge in [-0.05, 0) is 55.5 Å². The minimum atomic E-state index is -0.405. The van der Waals surface area contributed by atoms with Crippen LogP contribution in [-0.4, -0.2) is 43.0 Å². The molecule has 190 valence electrons. The Bertz CT molecular complexity index is 1630. The number of halogens is 1. The Balaban J connectivity index is 1.25. The van der Waals surface area contributed by atoms with Gasteiger partial charge in [-0.2, -0.15) is 15.5 Å². The predicted octanol–water partition coefficient (Wildman–Crippen LogP) is 5.01. The second-order valence-electron chi connectivity index (χ2n) is 9.67.